The van der Waals surface area contributed by atoms with Crippen molar-refractivity contribution in [1.82, 2.24) is 0 Å². The summed E-state index contributed by atoms with van der Waals surface area (Å²) in [4.78, 5) is 0. The van der Waals surface area contributed by atoms with Gasteiger partial charge in [0.15, 0.2) is 0 Å². The van der Waals surface area contributed by atoms with Crippen LogP contribution in [0.1, 0.15) is 26.7 Å². The first-order valence-corrected chi connectivity index (χ1v) is 7.72. The first-order valence-electron chi connectivity index (χ1n) is 4.54. The van der Waals surface area contributed by atoms with Crippen LogP contribution >= 0.6 is 0 Å². The monoisotopic (exact) mass is 351 g/mol. The van der Waals surface area contributed by atoms with Gasteiger partial charge in [0.25, 0.3) is 0 Å². The third-order valence-electron chi connectivity index (χ3n) is 1.78. The zero-order chi connectivity index (χ0) is 9.40. The molecule has 0 bridgehead atoms. The Labute approximate surface area is 92.4 Å². The van der Waals surface area contributed by atoms with Crippen molar-refractivity contribution in [1.29, 1.82) is 0 Å². The summed E-state index contributed by atoms with van der Waals surface area (Å²) < 4.78 is 0.851. The molecule has 12 heavy (non-hydrogen) atoms. The molecule has 0 saturated carbocycles. The average Bonchev–Trinajstić information content (AvgIpc) is 2.04. The Morgan fingerprint density at radius 1 is 1.58 bits per heavy atom. The Morgan fingerprint density at radius 2 is 2.25 bits per heavy atom. The Balaban J connectivity index is 4.28. The summed E-state index contributed by atoms with van der Waals surface area (Å²) in [5.41, 5.74) is 1.47. The molecule has 1 heteroatoms. The van der Waals surface area contributed by atoms with Crippen LogP contribution in [0.5, 0.6) is 0 Å². The number of hydrogen-bond acceptors (Lipinski definition) is 0. The van der Waals surface area contributed by atoms with Crippen molar-refractivity contribution < 1.29 is 26.1 Å². The molecule has 0 amide bonds. The molecule has 0 spiro atoms. The van der Waals surface area contributed by atoms with Crippen molar-refractivity contribution in [3.8, 4) is 0 Å². The quantitative estimate of drug-likeness (QED) is 0.523. The van der Waals surface area contributed by atoms with E-state index < -0.39 is 0 Å². The van der Waals surface area contributed by atoms with E-state index in [0.29, 0.717) is 0 Å². The minimum absolute atomic E-state index is 0.835. The Bertz CT molecular complexity index is 177. The SMILES string of the molecule is C=C/C=C(\C=C/C)[CH]([Hg])CCC. The molecule has 0 aliphatic rings. The fraction of sp³-hybridized carbons (Fsp3) is 0.455. The molecule has 0 N–H and O–H groups in total. The second-order valence-electron chi connectivity index (χ2n) is 2.89. The van der Waals surface area contributed by atoms with E-state index in [1.807, 2.05) is 6.08 Å². The molecule has 0 rings (SSSR count). The van der Waals surface area contributed by atoms with Crippen LogP contribution in [0.2, 0.25) is 3.43 Å². The van der Waals surface area contributed by atoms with Crippen LogP contribution in [0, 0.1) is 0 Å². The van der Waals surface area contributed by atoms with Crippen LogP contribution in [-0.2, 0) is 26.1 Å². The molecule has 0 fully saturated rings. The third-order valence-corrected chi connectivity index (χ3v) is 5.20. The predicted molar refractivity (Wildman–Crippen MR) is 51.8 cm³/mol. The maximum atomic E-state index is 3.74. The summed E-state index contributed by atoms with van der Waals surface area (Å²) in [6, 6.07) is 0. The summed E-state index contributed by atoms with van der Waals surface area (Å²) in [6.45, 7) is 8.06. The molecule has 1 unspecified atom stereocenters. The van der Waals surface area contributed by atoms with E-state index in [1.165, 1.54) is 18.4 Å². The number of rotatable bonds is 5. The molecule has 0 aliphatic carbocycles. The van der Waals surface area contributed by atoms with Crippen LogP contribution in [0.15, 0.2) is 36.5 Å². The fourth-order valence-corrected chi connectivity index (χ4v) is 3.82. The van der Waals surface area contributed by atoms with Gasteiger partial charge in [0, 0.05) is 0 Å². The van der Waals surface area contributed by atoms with E-state index in [-0.39, 0.29) is 0 Å². The molecule has 0 radical (unpaired) electrons. The van der Waals surface area contributed by atoms with Crippen LogP contribution < -0.4 is 0 Å². The Kier molecular flexibility index (Phi) is 7.89. The van der Waals surface area contributed by atoms with Gasteiger partial charge in [0.1, 0.15) is 0 Å². The molecule has 1 atom stereocenters. The van der Waals surface area contributed by atoms with E-state index in [4.69, 9.17) is 0 Å². The van der Waals surface area contributed by atoms with Gasteiger partial charge in [-0.2, -0.15) is 0 Å². The van der Waals surface area contributed by atoms with Gasteiger partial charge in [-0.25, -0.2) is 0 Å². The number of allylic oxidation sites excluding steroid dienone is 5. The second-order valence-corrected chi connectivity index (χ2v) is 6.72. The van der Waals surface area contributed by atoms with Crippen LogP contribution in [-0.4, -0.2) is 0 Å². The molecule has 0 saturated heterocycles. The molecule has 0 aliphatic heterocycles. The third kappa shape index (κ3) is 4.92. The van der Waals surface area contributed by atoms with Crippen LogP contribution in [0.25, 0.3) is 0 Å². The molecule has 0 aromatic carbocycles. The summed E-state index contributed by atoms with van der Waals surface area (Å²) >= 11 is 0.835. The predicted octanol–water partition coefficient (Wildman–Crippen LogP) is 3.81. The Morgan fingerprint density at radius 3 is 2.67 bits per heavy atom. The topological polar surface area (TPSA) is 0 Å². The van der Waals surface area contributed by atoms with Crippen molar-refractivity contribution in [2.24, 2.45) is 0 Å². The van der Waals surface area contributed by atoms with Gasteiger partial charge in [-0.1, -0.05) is 0 Å². The minimum atomic E-state index is 0.835. The summed E-state index contributed by atoms with van der Waals surface area (Å²) in [5.74, 6) is 0. The van der Waals surface area contributed by atoms with E-state index in [9.17, 15) is 0 Å². The molecule has 0 heterocycles. The van der Waals surface area contributed by atoms with Crippen LogP contribution in [0.4, 0.5) is 0 Å². The first kappa shape index (κ1) is 12.2. The normalized spacial score (nSPS) is 15.2. The van der Waals surface area contributed by atoms with E-state index in [2.05, 4.69) is 38.7 Å². The standard InChI is InChI=1S/C11H17.Hg/c1-4-7-10-11(8-5-2)9-6-3;/h5-6,8-10H,2,4,7H2,1,3H3;/b9-6-,11-8+;. The van der Waals surface area contributed by atoms with Gasteiger partial charge in [0.05, 0.1) is 0 Å². The van der Waals surface area contributed by atoms with Gasteiger partial charge in [0.2, 0.25) is 0 Å². The summed E-state index contributed by atoms with van der Waals surface area (Å²) in [5, 5.41) is 0. The van der Waals surface area contributed by atoms with Gasteiger partial charge in [-0.05, 0) is 0 Å². The van der Waals surface area contributed by atoms with E-state index >= 15 is 0 Å². The van der Waals surface area contributed by atoms with Crippen molar-refractivity contribution in [3.05, 3.63) is 36.5 Å². The summed E-state index contributed by atoms with van der Waals surface area (Å²) in [7, 11) is 0. The van der Waals surface area contributed by atoms with Crippen molar-refractivity contribution >= 4 is 0 Å². The van der Waals surface area contributed by atoms with E-state index in [0.717, 1.165) is 29.5 Å². The fourth-order valence-electron chi connectivity index (χ4n) is 1.17. The summed E-state index contributed by atoms with van der Waals surface area (Å²) in [6.07, 6.45) is 11.0. The van der Waals surface area contributed by atoms with Gasteiger partial charge < -0.3 is 0 Å². The molecule has 0 nitrogen and oxygen atoms in total. The average molecular weight is 350 g/mol. The zero-order valence-corrected chi connectivity index (χ0v) is 13.7. The molecule has 63 valence electrons. The van der Waals surface area contributed by atoms with Gasteiger partial charge in [-0.3, -0.25) is 0 Å². The van der Waals surface area contributed by atoms with Crippen molar-refractivity contribution in [3.63, 3.8) is 0 Å². The molecule has 0 aromatic rings. The number of hydrogen-bond donors (Lipinski definition) is 0. The molecular formula is C11H17Hg. The van der Waals surface area contributed by atoms with E-state index in [1.54, 1.807) is 0 Å². The van der Waals surface area contributed by atoms with Crippen LogP contribution in [0.3, 0.4) is 0 Å². The molecular weight excluding hydrogens is 333 g/mol. The van der Waals surface area contributed by atoms with Crippen molar-refractivity contribution in [2.75, 3.05) is 0 Å². The first-order chi connectivity index (χ1) is 5.76. The Hall–Kier alpha value is 0.155. The van der Waals surface area contributed by atoms with Crippen molar-refractivity contribution in [2.45, 2.75) is 30.1 Å². The zero-order valence-electron chi connectivity index (χ0n) is 8.22. The molecule has 0 aromatic heterocycles. The second kappa shape index (κ2) is 7.79. The van der Waals surface area contributed by atoms with Gasteiger partial charge in [-0.15, -0.1) is 0 Å². The maximum absolute atomic E-state index is 3.74. The van der Waals surface area contributed by atoms with Gasteiger partial charge >= 0.3 is 92.7 Å².